The van der Waals surface area contributed by atoms with Gasteiger partial charge in [-0.3, -0.25) is 0 Å². The number of alkyl halides is 3. The van der Waals surface area contributed by atoms with Crippen molar-refractivity contribution in [3.63, 3.8) is 0 Å². The Morgan fingerprint density at radius 3 is 2.34 bits per heavy atom. The summed E-state index contributed by atoms with van der Waals surface area (Å²) >= 11 is 0. The first kappa shape index (κ1) is 30.1. The third kappa shape index (κ3) is 6.40. The van der Waals surface area contributed by atoms with Crippen molar-refractivity contribution in [1.29, 1.82) is 5.41 Å². The van der Waals surface area contributed by atoms with E-state index < -0.39 is 62.4 Å². The zero-order valence-electron chi connectivity index (χ0n) is 21.7. The van der Waals surface area contributed by atoms with E-state index in [0.717, 1.165) is 17.9 Å². The lowest BCUT2D eigenvalue weighted by atomic mass is 10.0. The second-order valence-electron chi connectivity index (χ2n) is 9.54. The molecule has 15 heteroatoms. The Balaban J connectivity index is 1.76. The second kappa shape index (κ2) is 11.2. The molecule has 2 heterocycles. The zero-order chi connectivity index (χ0) is 30.3. The summed E-state index contributed by atoms with van der Waals surface area (Å²) in [6.45, 7) is 1.32. The summed E-state index contributed by atoms with van der Waals surface area (Å²) in [5.74, 6) is -7.08. The molecule has 1 aromatic heterocycles. The Morgan fingerprint density at radius 1 is 1.10 bits per heavy atom. The molecule has 0 amide bonds. The van der Waals surface area contributed by atoms with Crippen LogP contribution in [0.2, 0.25) is 0 Å². The van der Waals surface area contributed by atoms with Crippen molar-refractivity contribution in [1.82, 2.24) is 9.29 Å². The van der Waals surface area contributed by atoms with Gasteiger partial charge in [0.25, 0.3) is 0 Å². The zero-order valence-corrected chi connectivity index (χ0v) is 22.5. The summed E-state index contributed by atoms with van der Waals surface area (Å²) in [6.07, 6.45) is -3.90. The van der Waals surface area contributed by atoms with E-state index >= 15 is 4.39 Å². The molecule has 0 spiro atoms. The summed E-state index contributed by atoms with van der Waals surface area (Å²) < 4.78 is 110. The van der Waals surface area contributed by atoms with Crippen LogP contribution in [0.15, 0.2) is 42.5 Å². The van der Waals surface area contributed by atoms with Crippen molar-refractivity contribution in [2.24, 2.45) is 0 Å². The van der Waals surface area contributed by atoms with Crippen molar-refractivity contribution in [3.8, 4) is 5.75 Å². The first-order valence-electron chi connectivity index (χ1n) is 12.1. The predicted molar refractivity (Wildman–Crippen MR) is 141 cm³/mol. The average molecular weight is 602 g/mol. The highest BCUT2D eigenvalue weighted by atomic mass is 32.2. The van der Waals surface area contributed by atoms with Gasteiger partial charge in [0, 0.05) is 31.7 Å². The first-order valence-corrected chi connectivity index (χ1v) is 14.0. The van der Waals surface area contributed by atoms with Crippen molar-refractivity contribution >= 4 is 32.9 Å². The molecule has 1 fully saturated rings. The van der Waals surface area contributed by atoms with Crippen molar-refractivity contribution in [2.45, 2.75) is 25.6 Å². The molecule has 0 unspecified atom stereocenters. The average Bonchev–Trinajstić information content (AvgIpc) is 2.88. The molecule has 1 saturated heterocycles. The van der Waals surface area contributed by atoms with Crippen LogP contribution in [0.5, 0.6) is 5.75 Å². The van der Waals surface area contributed by atoms with Gasteiger partial charge >= 0.3 is 6.18 Å². The molecule has 41 heavy (non-hydrogen) atoms. The fourth-order valence-electron chi connectivity index (χ4n) is 4.59. The number of benzene rings is 2. The maximum Gasteiger partial charge on any atom is 0.419 e. The van der Waals surface area contributed by atoms with Crippen molar-refractivity contribution in [2.75, 3.05) is 36.1 Å². The summed E-state index contributed by atoms with van der Waals surface area (Å²) in [5.41, 5.74) is -3.08. The maximum atomic E-state index is 15.6. The van der Waals surface area contributed by atoms with Gasteiger partial charge in [0.1, 0.15) is 5.69 Å². The van der Waals surface area contributed by atoms with Gasteiger partial charge in [-0.2, -0.15) is 17.5 Å². The van der Waals surface area contributed by atoms with Gasteiger partial charge in [0.05, 0.1) is 28.9 Å². The monoisotopic (exact) mass is 601 g/mol. The largest absolute Gasteiger partial charge is 0.503 e. The molecule has 0 radical (unpaired) electrons. The van der Waals surface area contributed by atoms with Crippen LogP contribution in [-0.4, -0.2) is 60.5 Å². The molecule has 2 aromatic carbocycles. The van der Waals surface area contributed by atoms with E-state index in [1.807, 2.05) is 12.1 Å². The van der Waals surface area contributed by atoms with Gasteiger partial charge in [-0.15, -0.1) is 0 Å². The highest BCUT2D eigenvalue weighted by Crippen LogP contribution is 2.40. The van der Waals surface area contributed by atoms with E-state index in [9.17, 15) is 35.5 Å². The fraction of sp³-hybridized carbons (Fsp3) is 0.308. The lowest BCUT2D eigenvalue weighted by Crippen LogP contribution is -2.56. The lowest BCUT2D eigenvalue weighted by molar-refractivity contribution is -0.140. The second-order valence-corrected chi connectivity index (χ2v) is 11.5. The molecule has 0 bridgehead atoms. The van der Waals surface area contributed by atoms with E-state index in [0.29, 0.717) is 6.42 Å². The number of nitrogens with zero attached hydrogens (tertiary/aromatic N) is 3. The molecular formula is C26H25F6N5O3S. The number of phenols is 1. The van der Waals surface area contributed by atoms with E-state index in [1.165, 1.54) is 11.2 Å². The molecule has 3 N–H and O–H groups in total. The number of aromatic nitrogens is 1. The number of aromatic hydroxyl groups is 1. The van der Waals surface area contributed by atoms with Crippen LogP contribution in [0, 0.1) is 22.9 Å². The standard InChI is InChI=1S/C26H25F6N5O3S/c1-14(33)23-20(34-19-11-17(26(30,31)32)21(28)24(38)22(19)29)12-18(27)25(35-23)37-9-8-36(41(2,39)40)13-16(37)10-15-6-4-3-5-7-15/h3-7,11-12,16,33-34,38H,8-10,13H2,1-2H3/t16-/m1/s1. The van der Waals surface area contributed by atoms with Gasteiger partial charge < -0.3 is 20.7 Å². The summed E-state index contributed by atoms with van der Waals surface area (Å²) in [6, 6.07) is 9.34. The Labute approximate surface area is 231 Å². The van der Waals surface area contributed by atoms with E-state index in [-0.39, 0.29) is 42.9 Å². The topological polar surface area (TPSA) is 110 Å². The number of halogens is 6. The van der Waals surface area contributed by atoms with Gasteiger partial charge in [-0.1, -0.05) is 30.3 Å². The minimum absolute atomic E-state index is 0.00798. The lowest BCUT2D eigenvalue weighted by Gasteiger charge is -2.41. The number of hydrogen-bond donors (Lipinski definition) is 3. The van der Waals surface area contributed by atoms with Gasteiger partial charge in [0.15, 0.2) is 29.0 Å². The maximum absolute atomic E-state index is 15.6. The van der Waals surface area contributed by atoms with E-state index in [1.54, 1.807) is 23.1 Å². The van der Waals surface area contributed by atoms with Gasteiger partial charge in [0.2, 0.25) is 10.0 Å². The third-order valence-electron chi connectivity index (χ3n) is 6.57. The number of hydrogen-bond acceptors (Lipinski definition) is 7. The molecule has 1 aliphatic heterocycles. The van der Waals surface area contributed by atoms with E-state index in [4.69, 9.17) is 5.41 Å². The van der Waals surface area contributed by atoms with Crippen molar-refractivity contribution < 1.29 is 39.9 Å². The Hall–Kier alpha value is -3.85. The van der Waals surface area contributed by atoms with Crippen LogP contribution in [0.25, 0.3) is 0 Å². The minimum atomic E-state index is -5.28. The highest BCUT2D eigenvalue weighted by Gasteiger charge is 2.38. The Kier molecular flexibility index (Phi) is 8.23. The smallest absolute Gasteiger partial charge is 0.419 e. The number of piperazine rings is 1. The Morgan fingerprint density at radius 2 is 1.76 bits per heavy atom. The molecule has 1 aliphatic rings. The molecule has 8 nitrogen and oxygen atoms in total. The molecule has 220 valence electrons. The molecule has 1 atom stereocenters. The number of nitrogens with one attached hydrogen (secondary N) is 2. The first-order chi connectivity index (χ1) is 19.1. The quantitative estimate of drug-likeness (QED) is 0.259. The molecule has 4 rings (SSSR count). The normalized spacial score (nSPS) is 16.6. The van der Waals surface area contributed by atoms with Gasteiger partial charge in [-0.05, 0) is 25.0 Å². The van der Waals surface area contributed by atoms with Gasteiger partial charge in [-0.25, -0.2) is 26.6 Å². The minimum Gasteiger partial charge on any atom is -0.503 e. The van der Waals surface area contributed by atoms with Crippen LogP contribution >= 0.6 is 0 Å². The summed E-state index contributed by atoms with van der Waals surface area (Å²) in [4.78, 5) is 5.77. The van der Waals surface area contributed by atoms with Crippen LogP contribution in [0.3, 0.4) is 0 Å². The number of phenolic OH excluding ortho intramolecular Hbond substituents is 1. The van der Waals surface area contributed by atoms with Crippen LogP contribution in [0.1, 0.15) is 23.7 Å². The SMILES string of the molecule is CC(=N)c1nc(N2CCN(S(C)(=O)=O)C[C@H]2Cc2ccccc2)c(F)cc1Nc1cc(C(F)(F)F)c(F)c(O)c1F. The number of pyridine rings is 1. The number of anilines is 3. The number of sulfonamides is 1. The molecular weight excluding hydrogens is 576 g/mol. The molecule has 0 aliphatic carbocycles. The van der Waals surface area contributed by atoms with Crippen LogP contribution in [-0.2, 0) is 22.6 Å². The molecule has 0 saturated carbocycles. The Bertz CT molecular complexity index is 1580. The van der Waals surface area contributed by atoms with E-state index in [2.05, 4.69) is 10.3 Å². The molecule has 3 aromatic rings. The fourth-order valence-corrected chi connectivity index (χ4v) is 5.45. The summed E-state index contributed by atoms with van der Waals surface area (Å²) in [5, 5.41) is 19.9. The van der Waals surface area contributed by atoms with Crippen LogP contribution < -0.4 is 10.2 Å². The highest BCUT2D eigenvalue weighted by molar-refractivity contribution is 7.88. The number of rotatable bonds is 7. The predicted octanol–water partition coefficient (Wildman–Crippen LogP) is 5.05. The van der Waals surface area contributed by atoms with Crippen LogP contribution in [0.4, 0.5) is 43.5 Å². The summed E-state index contributed by atoms with van der Waals surface area (Å²) in [7, 11) is -3.57. The van der Waals surface area contributed by atoms with Crippen molar-refractivity contribution in [3.05, 3.63) is 76.7 Å². The third-order valence-corrected chi connectivity index (χ3v) is 7.84.